The van der Waals surface area contributed by atoms with Gasteiger partial charge < -0.3 is 5.73 Å². The Bertz CT molecular complexity index is 383. The number of allylic oxidation sites excluding steroid dienone is 1. The molecule has 0 saturated heterocycles. The van der Waals surface area contributed by atoms with Crippen molar-refractivity contribution in [1.82, 2.24) is 0 Å². The lowest BCUT2D eigenvalue weighted by molar-refractivity contribution is 0.331. The first-order chi connectivity index (χ1) is 8.16. The quantitative estimate of drug-likeness (QED) is 0.759. The fourth-order valence-corrected chi connectivity index (χ4v) is 2.44. The lowest BCUT2D eigenvalue weighted by atomic mass is 9.83. The van der Waals surface area contributed by atoms with Gasteiger partial charge in [-0.1, -0.05) is 38.0 Å². The van der Waals surface area contributed by atoms with Gasteiger partial charge in [0.15, 0.2) is 0 Å². The molecule has 0 radical (unpaired) electrons. The Hall–Kier alpha value is -1.31. The zero-order valence-electron chi connectivity index (χ0n) is 10.3. The molecule has 1 aromatic rings. The van der Waals surface area contributed by atoms with Gasteiger partial charge >= 0.3 is 0 Å². The summed E-state index contributed by atoms with van der Waals surface area (Å²) in [5, 5.41) is 0. The molecule has 0 bridgehead atoms. The molecule has 1 aromatic carbocycles. The summed E-state index contributed by atoms with van der Waals surface area (Å²) in [7, 11) is 0. The van der Waals surface area contributed by atoms with E-state index >= 15 is 0 Å². The van der Waals surface area contributed by atoms with Crippen molar-refractivity contribution in [2.45, 2.75) is 32.6 Å². The highest BCUT2D eigenvalue weighted by atomic mass is 19.1. The van der Waals surface area contributed by atoms with Crippen molar-refractivity contribution >= 4 is 11.8 Å². The van der Waals surface area contributed by atoms with Gasteiger partial charge in [-0.2, -0.15) is 0 Å². The molecule has 1 aliphatic rings. The normalized spacial score (nSPS) is 25.3. The van der Waals surface area contributed by atoms with Crippen LogP contribution in [0.4, 0.5) is 10.1 Å². The number of benzene rings is 1. The van der Waals surface area contributed by atoms with E-state index in [2.05, 4.69) is 13.0 Å². The van der Waals surface area contributed by atoms with Gasteiger partial charge in [-0.15, -0.1) is 0 Å². The van der Waals surface area contributed by atoms with Gasteiger partial charge in [0.05, 0.1) is 0 Å². The van der Waals surface area contributed by atoms with Crippen LogP contribution < -0.4 is 5.73 Å². The van der Waals surface area contributed by atoms with E-state index < -0.39 is 0 Å². The van der Waals surface area contributed by atoms with Crippen molar-refractivity contribution in [2.24, 2.45) is 11.8 Å². The SMILES string of the molecule is CC1CCC(/C=C/c2c(N)cccc2F)CC1. The van der Waals surface area contributed by atoms with Gasteiger partial charge in [0.1, 0.15) is 5.82 Å². The molecule has 1 aliphatic carbocycles. The molecule has 2 rings (SSSR count). The van der Waals surface area contributed by atoms with Gasteiger partial charge in [-0.3, -0.25) is 0 Å². The molecule has 1 nitrogen and oxygen atoms in total. The van der Waals surface area contributed by atoms with Crippen molar-refractivity contribution in [3.63, 3.8) is 0 Å². The zero-order valence-corrected chi connectivity index (χ0v) is 10.3. The van der Waals surface area contributed by atoms with E-state index in [9.17, 15) is 4.39 Å². The molecule has 17 heavy (non-hydrogen) atoms. The molecule has 0 aromatic heterocycles. The third kappa shape index (κ3) is 3.09. The molecule has 0 unspecified atom stereocenters. The Morgan fingerprint density at radius 1 is 1.24 bits per heavy atom. The van der Waals surface area contributed by atoms with Crippen LogP contribution in [0.5, 0.6) is 0 Å². The van der Waals surface area contributed by atoms with E-state index in [0.717, 1.165) is 5.92 Å². The number of nitrogens with two attached hydrogens (primary N) is 1. The monoisotopic (exact) mass is 233 g/mol. The maximum atomic E-state index is 13.5. The van der Waals surface area contributed by atoms with Crippen molar-refractivity contribution in [3.05, 3.63) is 35.7 Å². The lowest BCUT2D eigenvalue weighted by Gasteiger charge is -2.23. The predicted molar refractivity (Wildman–Crippen MR) is 71.0 cm³/mol. The Morgan fingerprint density at radius 2 is 1.94 bits per heavy atom. The van der Waals surface area contributed by atoms with Crippen LogP contribution in [0.2, 0.25) is 0 Å². The average molecular weight is 233 g/mol. The van der Waals surface area contributed by atoms with Crippen LogP contribution in [-0.2, 0) is 0 Å². The summed E-state index contributed by atoms with van der Waals surface area (Å²) in [5.41, 5.74) is 6.82. The second-order valence-corrected chi connectivity index (χ2v) is 5.12. The first kappa shape index (κ1) is 12.2. The first-order valence-corrected chi connectivity index (χ1v) is 6.39. The first-order valence-electron chi connectivity index (χ1n) is 6.39. The molecule has 92 valence electrons. The van der Waals surface area contributed by atoms with Crippen molar-refractivity contribution in [3.8, 4) is 0 Å². The van der Waals surface area contributed by atoms with E-state index in [-0.39, 0.29) is 5.82 Å². The summed E-state index contributed by atoms with van der Waals surface area (Å²) in [4.78, 5) is 0. The third-order valence-electron chi connectivity index (χ3n) is 3.68. The largest absolute Gasteiger partial charge is 0.398 e. The van der Waals surface area contributed by atoms with Crippen molar-refractivity contribution in [1.29, 1.82) is 0 Å². The van der Waals surface area contributed by atoms with Gasteiger partial charge in [0, 0.05) is 11.3 Å². The highest BCUT2D eigenvalue weighted by Gasteiger charge is 2.15. The van der Waals surface area contributed by atoms with Crippen LogP contribution in [-0.4, -0.2) is 0 Å². The molecule has 0 spiro atoms. The third-order valence-corrected chi connectivity index (χ3v) is 3.68. The highest BCUT2D eigenvalue weighted by molar-refractivity contribution is 5.64. The number of nitrogen functional groups attached to an aromatic ring is 1. The molecule has 0 aliphatic heterocycles. The van der Waals surface area contributed by atoms with Crippen LogP contribution >= 0.6 is 0 Å². The molecule has 1 fully saturated rings. The lowest BCUT2D eigenvalue weighted by Crippen LogP contribution is -2.10. The topological polar surface area (TPSA) is 26.0 Å². The summed E-state index contributed by atoms with van der Waals surface area (Å²) in [6.45, 7) is 2.30. The van der Waals surface area contributed by atoms with E-state index in [4.69, 9.17) is 5.73 Å². The Balaban J connectivity index is 2.05. The molecular weight excluding hydrogens is 213 g/mol. The van der Waals surface area contributed by atoms with Crippen LogP contribution in [0.15, 0.2) is 24.3 Å². The zero-order chi connectivity index (χ0) is 12.3. The number of halogens is 1. The van der Waals surface area contributed by atoms with Crippen molar-refractivity contribution in [2.75, 3.05) is 5.73 Å². The minimum absolute atomic E-state index is 0.231. The van der Waals surface area contributed by atoms with E-state index in [1.165, 1.54) is 31.7 Å². The molecule has 1 saturated carbocycles. The van der Waals surface area contributed by atoms with Crippen LogP contribution in [0.25, 0.3) is 6.08 Å². The number of anilines is 1. The Labute approximate surface area is 103 Å². The standard InChI is InChI=1S/C15H20FN/c1-11-5-7-12(8-6-11)9-10-13-14(16)3-2-4-15(13)17/h2-4,9-12H,5-8,17H2,1H3/b10-9+. The Morgan fingerprint density at radius 3 is 2.59 bits per heavy atom. The fourth-order valence-electron chi connectivity index (χ4n) is 2.44. The van der Waals surface area contributed by atoms with Crippen molar-refractivity contribution < 1.29 is 4.39 Å². The van der Waals surface area contributed by atoms with Crippen LogP contribution in [0, 0.1) is 17.7 Å². The van der Waals surface area contributed by atoms with E-state index in [0.29, 0.717) is 17.2 Å². The van der Waals surface area contributed by atoms with Crippen LogP contribution in [0.1, 0.15) is 38.2 Å². The van der Waals surface area contributed by atoms with Gasteiger partial charge in [0.2, 0.25) is 0 Å². The van der Waals surface area contributed by atoms with Gasteiger partial charge in [0.25, 0.3) is 0 Å². The fraction of sp³-hybridized carbons (Fsp3) is 0.467. The molecule has 2 N–H and O–H groups in total. The van der Waals surface area contributed by atoms with Gasteiger partial charge in [-0.25, -0.2) is 4.39 Å². The summed E-state index contributed by atoms with van der Waals surface area (Å²) in [6.07, 6.45) is 8.97. The summed E-state index contributed by atoms with van der Waals surface area (Å²) in [6, 6.07) is 4.84. The smallest absolute Gasteiger partial charge is 0.132 e. The second-order valence-electron chi connectivity index (χ2n) is 5.12. The second kappa shape index (κ2) is 5.35. The number of rotatable bonds is 2. The summed E-state index contributed by atoms with van der Waals surface area (Å²) >= 11 is 0. The van der Waals surface area contributed by atoms with Crippen LogP contribution in [0.3, 0.4) is 0 Å². The van der Waals surface area contributed by atoms with Gasteiger partial charge in [-0.05, 0) is 36.8 Å². The molecule has 0 atom stereocenters. The summed E-state index contributed by atoms with van der Waals surface area (Å²) in [5.74, 6) is 1.20. The maximum Gasteiger partial charge on any atom is 0.132 e. The van der Waals surface area contributed by atoms with E-state index in [1.807, 2.05) is 6.08 Å². The molecular formula is C15H20FN. The molecule has 0 amide bonds. The highest BCUT2D eigenvalue weighted by Crippen LogP contribution is 2.30. The summed E-state index contributed by atoms with van der Waals surface area (Å²) < 4.78 is 13.5. The van der Waals surface area contributed by atoms with E-state index in [1.54, 1.807) is 12.1 Å². The number of hydrogen-bond acceptors (Lipinski definition) is 1. The molecule has 0 heterocycles. The maximum absolute atomic E-state index is 13.5. The molecule has 2 heteroatoms. The minimum Gasteiger partial charge on any atom is -0.398 e. The Kier molecular flexibility index (Phi) is 3.82. The number of hydrogen-bond donors (Lipinski definition) is 1. The minimum atomic E-state index is -0.231. The average Bonchev–Trinajstić information content (AvgIpc) is 2.31. The predicted octanol–water partition coefficient (Wildman–Crippen LogP) is 4.25.